The molecule has 0 radical (unpaired) electrons. The van der Waals surface area contributed by atoms with E-state index in [4.69, 9.17) is 16.0 Å². The first kappa shape index (κ1) is 19.7. The van der Waals surface area contributed by atoms with Crippen molar-refractivity contribution in [2.24, 2.45) is 0 Å². The van der Waals surface area contributed by atoms with Crippen molar-refractivity contribution in [2.45, 2.75) is 12.8 Å². The first-order valence-electron chi connectivity index (χ1n) is 8.71. The van der Waals surface area contributed by atoms with Crippen molar-refractivity contribution >= 4 is 23.5 Å². The minimum absolute atomic E-state index is 0.251. The predicted octanol–water partition coefficient (Wildman–Crippen LogP) is 3.81. The number of amides is 1. The molecule has 1 aromatic carbocycles. The highest BCUT2D eigenvalue weighted by molar-refractivity contribution is 6.30. The second kappa shape index (κ2) is 8.75. The van der Waals surface area contributed by atoms with Crippen LogP contribution in [0.3, 0.4) is 0 Å². The minimum atomic E-state index is -0.300. The smallest absolute Gasteiger partial charge is 0.305 e. The average Bonchev–Trinajstić information content (AvgIpc) is 3.36. The van der Waals surface area contributed by atoms with Crippen LogP contribution >= 0.6 is 11.6 Å². The summed E-state index contributed by atoms with van der Waals surface area (Å²) in [5, 5.41) is 5.03. The highest BCUT2D eigenvalue weighted by Crippen LogP contribution is 2.26. The Morgan fingerprint density at radius 1 is 1.25 bits per heavy atom. The van der Waals surface area contributed by atoms with Crippen LogP contribution in [0.4, 0.5) is 0 Å². The monoisotopic (exact) mass is 401 g/mol. The molecule has 0 saturated carbocycles. The van der Waals surface area contributed by atoms with Crippen LogP contribution in [0.25, 0.3) is 17.1 Å². The Bertz CT molecular complexity index is 966. The number of halogens is 1. The highest BCUT2D eigenvalue weighted by Gasteiger charge is 2.21. The van der Waals surface area contributed by atoms with Crippen LogP contribution in [-0.4, -0.2) is 47.3 Å². The zero-order valence-electron chi connectivity index (χ0n) is 15.6. The summed E-state index contributed by atoms with van der Waals surface area (Å²) in [6.45, 7) is 0.411. The molecule has 8 heteroatoms. The Labute approximate surface area is 167 Å². The van der Waals surface area contributed by atoms with Gasteiger partial charge in [-0.05, 0) is 36.8 Å². The zero-order chi connectivity index (χ0) is 20.1. The molecule has 1 amide bonds. The summed E-state index contributed by atoms with van der Waals surface area (Å²) in [6, 6.07) is 12.4. The van der Waals surface area contributed by atoms with E-state index in [1.807, 2.05) is 12.1 Å². The molecule has 28 heavy (non-hydrogen) atoms. The fourth-order valence-electron chi connectivity index (χ4n) is 2.75. The van der Waals surface area contributed by atoms with E-state index in [9.17, 15) is 9.59 Å². The molecule has 0 spiro atoms. The van der Waals surface area contributed by atoms with Crippen molar-refractivity contribution in [3.8, 4) is 17.1 Å². The number of carbonyl (C=O) groups is 2. The van der Waals surface area contributed by atoms with Gasteiger partial charge in [0.25, 0.3) is 5.91 Å². The maximum Gasteiger partial charge on any atom is 0.305 e. The van der Waals surface area contributed by atoms with Gasteiger partial charge in [0.1, 0.15) is 5.69 Å². The Hall–Kier alpha value is -3.06. The highest BCUT2D eigenvalue weighted by atomic mass is 35.5. The molecule has 2 aromatic heterocycles. The standard InChI is InChI=1S/C20H20ClN3O4/c1-23(10-4-9-19(25)27-2)20(26)16-13-17(18-8-5-11-28-18)24(22-16)15-7-3-6-14(21)12-15/h3,5-8,11-13H,4,9-10H2,1-2H3. The van der Waals surface area contributed by atoms with Crippen molar-refractivity contribution in [2.75, 3.05) is 20.7 Å². The number of carbonyl (C=O) groups excluding carboxylic acids is 2. The number of hydrogen-bond acceptors (Lipinski definition) is 5. The van der Waals surface area contributed by atoms with Crippen molar-refractivity contribution in [3.05, 3.63) is 59.4 Å². The third kappa shape index (κ3) is 4.43. The van der Waals surface area contributed by atoms with E-state index >= 15 is 0 Å². The van der Waals surface area contributed by atoms with E-state index in [1.165, 1.54) is 12.0 Å². The van der Waals surface area contributed by atoms with Crippen molar-refractivity contribution in [1.29, 1.82) is 0 Å². The lowest BCUT2D eigenvalue weighted by Gasteiger charge is -2.15. The maximum absolute atomic E-state index is 12.8. The van der Waals surface area contributed by atoms with Gasteiger partial charge in [-0.3, -0.25) is 9.59 Å². The van der Waals surface area contributed by atoms with E-state index < -0.39 is 0 Å². The number of rotatable bonds is 7. The summed E-state index contributed by atoms with van der Waals surface area (Å²) < 4.78 is 11.7. The van der Waals surface area contributed by atoms with E-state index in [0.29, 0.717) is 35.1 Å². The average molecular weight is 402 g/mol. The predicted molar refractivity (Wildman–Crippen MR) is 104 cm³/mol. The van der Waals surface area contributed by atoms with E-state index in [-0.39, 0.29) is 24.0 Å². The summed E-state index contributed by atoms with van der Waals surface area (Å²) in [6.07, 6.45) is 2.32. The molecule has 0 unspecified atom stereocenters. The number of benzene rings is 1. The lowest BCUT2D eigenvalue weighted by molar-refractivity contribution is -0.140. The number of nitrogens with zero attached hydrogens (tertiary/aromatic N) is 3. The molecule has 7 nitrogen and oxygen atoms in total. The molecular weight excluding hydrogens is 382 g/mol. The van der Waals surface area contributed by atoms with Gasteiger partial charge in [-0.15, -0.1) is 0 Å². The van der Waals surface area contributed by atoms with Gasteiger partial charge >= 0.3 is 5.97 Å². The quantitative estimate of drug-likeness (QED) is 0.562. The molecule has 0 saturated heterocycles. The lowest BCUT2D eigenvalue weighted by atomic mass is 10.2. The van der Waals surface area contributed by atoms with E-state index in [2.05, 4.69) is 9.84 Å². The molecule has 0 aliphatic heterocycles. The van der Waals surface area contributed by atoms with Crippen molar-refractivity contribution in [3.63, 3.8) is 0 Å². The van der Waals surface area contributed by atoms with E-state index in [0.717, 1.165) is 0 Å². The molecule has 3 rings (SSSR count). The van der Waals surface area contributed by atoms with Crippen LogP contribution in [-0.2, 0) is 9.53 Å². The normalized spacial score (nSPS) is 10.7. The molecule has 0 atom stereocenters. The SMILES string of the molecule is COC(=O)CCCN(C)C(=O)c1cc(-c2ccco2)n(-c2cccc(Cl)c2)n1. The molecule has 0 fully saturated rings. The number of esters is 1. The van der Waals surface area contributed by atoms with Crippen LogP contribution in [0.1, 0.15) is 23.3 Å². The van der Waals surface area contributed by atoms with Gasteiger partial charge in [0.15, 0.2) is 11.5 Å². The van der Waals surface area contributed by atoms with Gasteiger partial charge in [0, 0.05) is 31.1 Å². The molecule has 0 bridgehead atoms. The number of ether oxygens (including phenoxy) is 1. The van der Waals surface area contributed by atoms with Crippen LogP contribution in [0.15, 0.2) is 53.1 Å². The first-order valence-corrected chi connectivity index (χ1v) is 9.09. The third-order valence-corrected chi connectivity index (χ3v) is 4.44. The van der Waals surface area contributed by atoms with E-state index in [1.54, 1.807) is 48.3 Å². The van der Waals surface area contributed by atoms with Gasteiger partial charge in [-0.25, -0.2) is 4.68 Å². The molecular formula is C20H20ClN3O4. The molecule has 2 heterocycles. The van der Waals surface area contributed by atoms with Crippen molar-refractivity contribution < 1.29 is 18.7 Å². The molecule has 0 aliphatic carbocycles. The van der Waals surface area contributed by atoms with Gasteiger partial charge in [-0.1, -0.05) is 17.7 Å². The van der Waals surface area contributed by atoms with Crippen molar-refractivity contribution in [1.82, 2.24) is 14.7 Å². The second-order valence-corrected chi connectivity index (χ2v) is 6.63. The largest absolute Gasteiger partial charge is 0.469 e. The van der Waals surface area contributed by atoms with Crippen LogP contribution in [0, 0.1) is 0 Å². The summed E-state index contributed by atoms with van der Waals surface area (Å²) in [7, 11) is 3.01. The number of furan rings is 1. The minimum Gasteiger partial charge on any atom is -0.469 e. The van der Waals surface area contributed by atoms with Gasteiger partial charge < -0.3 is 14.1 Å². The van der Waals surface area contributed by atoms with Gasteiger partial charge in [0.05, 0.1) is 19.1 Å². The molecule has 0 N–H and O–H groups in total. The zero-order valence-corrected chi connectivity index (χ0v) is 16.3. The molecule has 0 aliphatic rings. The van der Waals surface area contributed by atoms with Gasteiger partial charge in [-0.2, -0.15) is 5.10 Å². The summed E-state index contributed by atoms with van der Waals surface area (Å²) >= 11 is 6.11. The Morgan fingerprint density at radius 2 is 2.07 bits per heavy atom. The number of hydrogen-bond donors (Lipinski definition) is 0. The Balaban J connectivity index is 1.87. The summed E-state index contributed by atoms with van der Waals surface area (Å²) in [4.78, 5) is 25.6. The molecule has 3 aromatic rings. The number of aromatic nitrogens is 2. The third-order valence-electron chi connectivity index (χ3n) is 4.20. The van der Waals surface area contributed by atoms with Gasteiger partial charge in [0.2, 0.25) is 0 Å². The first-order chi connectivity index (χ1) is 13.5. The Kier molecular flexibility index (Phi) is 6.16. The lowest BCUT2D eigenvalue weighted by Crippen LogP contribution is -2.28. The summed E-state index contributed by atoms with van der Waals surface area (Å²) in [5.74, 6) is 0.0320. The number of methoxy groups -OCH3 is 1. The Morgan fingerprint density at radius 3 is 2.75 bits per heavy atom. The second-order valence-electron chi connectivity index (χ2n) is 6.19. The fourth-order valence-corrected chi connectivity index (χ4v) is 2.93. The van der Waals surface area contributed by atoms with Crippen LogP contribution < -0.4 is 0 Å². The maximum atomic E-state index is 12.8. The van der Waals surface area contributed by atoms with Crippen LogP contribution in [0.2, 0.25) is 5.02 Å². The molecule has 146 valence electrons. The topological polar surface area (TPSA) is 77.6 Å². The van der Waals surface area contributed by atoms with Crippen LogP contribution in [0.5, 0.6) is 0 Å². The fraction of sp³-hybridized carbons (Fsp3) is 0.250. The summed E-state index contributed by atoms with van der Waals surface area (Å²) in [5.41, 5.74) is 1.62.